The molecule has 2 aromatic carbocycles. The van der Waals surface area contributed by atoms with Gasteiger partial charge in [-0.1, -0.05) is 24.3 Å². The lowest BCUT2D eigenvalue weighted by Gasteiger charge is -2.14. The van der Waals surface area contributed by atoms with Crippen LogP contribution < -0.4 is 14.2 Å². The minimum absolute atomic E-state index is 0.632. The molecule has 0 spiro atoms. The molecule has 0 aliphatic heterocycles. The molecule has 0 aromatic heterocycles. The second-order valence-electron chi connectivity index (χ2n) is 4.44. The van der Waals surface area contributed by atoms with Crippen molar-refractivity contribution in [2.24, 2.45) is 0 Å². The van der Waals surface area contributed by atoms with Crippen LogP contribution in [0, 0.1) is 6.07 Å². The number of ether oxygens (including phenoxy) is 3. The fraction of sp³-hybridized carbons (Fsp3) is 0.294. The Balaban J connectivity index is 2.19. The predicted octanol–water partition coefficient (Wildman–Crippen LogP) is 3.30. The van der Waals surface area contributed by atoms with E-state index < -0.39 is 0 Å². The van der Waals surface area contributed by atoms with Gasteiger partial charge in [-0.2, -0.15) is 0 Å². The van der Waals surface area contributed by atoms with Crippen LogP contribution in [0.2, 0.25) is 0 Å². The van der Waals surface area contributed by atoms with Crippen LogP contribution in [0.4, 0.5) is 0 Å². The maximum absolute atomic E-state index is 5.36. The highest BCUT2D eigenvalue weighted by molar-refractivity contribution is 5.53. The summed E-state index contributed by atoms with van der Waals surface area (Å²) in [4.78, 5) is 0. The molecule has 0 atom stereocenters. The molecule has 0 aliphatic rings. The Morgan fingerprint density at radius 2 is 1.35 bits per heavy atom. The minimum Gasteiger partial charge on any atom is -0.493 e. The van der Waals surface area contributed by atoms with E-state index in [4.69, 9.17) is 14.2 Å². The highest BCUT2D eigenvalue weighted by atomic mass is 16.5. The Morgan fingerprint density at radius 3 is 1.85 bits per heavy atom. The number of benzene rings is 2. The third-order valence-electron chi connectivity index (χ3n) is 3.21. The topological polar surface area (TPSA) is 27.7 Å². The fourth-order valence-corrected chi connectivity index (χ4v) is 2.16. The average Bonchev–Trinajstić information content (AvgIpc) is 2.52. The van der Waals surface area contributed by atoms with Crippen molar-refractivity contribution in [3.63, 3.8) is 0 Å². The third-order valence-corrected chi connectivity index (χ3v) is 3.21. The molecular weight excluding hydrogens is 252 g/mol. The smallest absolute Gasteiger partial charge is 0.203 e. The summed E-state index contributed by atoms with van der Waals surface area (Å²) in [5.74, 6) is 2.03. The predicted molar refractivity (Wildman–Crippen MR) is 78.8 cm³/mol. The summed E-state index contributed by atoms with van der Waals surface area (Å²) >= 11 is 0. The van der Waals surface area contributed by atoms with Crippen LogP contribution >= 0.6 is 0 Å². The summed E-state index contributed by atoms with van der Waals surface area (Å²) in [6.07, 6.45) is 1.88. The molecule has 0 bridgehead atoms. The van der Waals surface area contributed by atoms with Crippen LogP contribution in [0.25, 0.3) is 0 Å². The molecule has 0 saturated heterocycles. The zero-order valence-corrected chi connectivity index (χ0v) is 12.1. The molecule has 1 radical (unpaired) electrons. The third kappa shape index (κ3) is 3.23. The van der Waals surface area contributed by atoms with Gasteiger partial charge in [0.05, 0.1) is 21.3 Å². The van der Waals surface area contributed by atoms with E-state index in [1.54, 1.807) is 21.3 Å². The van der Waals surface area contributed by atoms with Gasteiger partial charge in [0, 0.05) is 0 Å². The fourth-order valence-electron chi connectivity index (χ4n) is 2.16. The zero-order valence-electron chi connectivity index (χ0n) is 12.1. The van der Waals surface area contributed by atoms with Gasteiger partial charge in [0.15, 0.2) is 11.5 Å². The Kier molecular flexibility index (Phi) is 4.88. The van der Waals surface area contributed by atoms with Crippen molar-refractivity contribution < 1.29 is 14.2 Å². The van der Waals surface area contributed by atoms with Gasteiger partial charge in [-0.3, -0.25) is 0 Å². The normalized spacial score (nSPS) is 10.2. The standard InChI is InChI=1S/C17H19O3/c1-18-15-11-14(12-16(19-2)17(15)20-3)10-9-13-7-5-4-6-8-13/h5-8,11-12H,9-10H2,1-3H3. The molecule has 3 nitrogen and oxygen atoms in total. The summed E-state index contributed by atoms with van der Waals surface area (Å²) in [6.45, 7) is 0. The lowest BCUT2D eigenvalue weighted by atomic mass is 10.0. The number of hydrogen-bond donors (Lipinski definition) is 0. The second kappa shape index (κ2) is 6.85. The van der Waals surface area contributed by atoms with Gasteiger partial charge in [0.25, 0.3) is 0 Å². The molecule has 0 aliphatic carbocycles. The SMILES string of the molecule is COc1cc(CCc2cc[c]cc2)cc(OC)c1OC. The first-order chi connectivity index (χ1) is 9.78. The van der Waals surface area contributed by atoms with Gasteiger partial charge in [0.2, 0.25) is 5.75 Å². The average molecular weight is 271 g/mol. The van der Waals surface area contributed by atoms with E-state index in [0.29, 0.717) is 17.2 Å². The van der Waals surface area contributed by atoms with E-state index in [0.717, 1.165) is 18.4 Å². The number of methoxy groups -OCH3 is 3. The molecule has 20 heavy (non-hydrogen) atoms. The maximum Gasteiger partial charge on any atom is 0.203 e. The monoisotopic (exact) mass is 271 g/mol. The zero-order chi connectivity index (χ0) is 14.4. The molecule has 0 saturated carbocycles. The largest absolute Gasteiger partial charge is 0.493 e. The maximum atomic E-state index is 5.36. The molecule has 3 heteroatoms. The van der Waals surface area contributed by atoms with Gasteiger partial charge >= 0.3 is 0 Å². The molecule has 2 rings (SSSR count). The lowest BCUT2D eigenvalue weighted by Crippen LogP contribution is -1.98. The van der Waals surface area contributed by atoms with E-state index in [2.05, 4.69) is 18.2 Å². The molecule has 0 unspecified atom stereocenters. The van der Waals surface area contributed by atoms with Gasteiger partial charge in [-0.25, -0.2) is 0 Å². The van der Waals surface area contributed by atoms with Gasteiger partial charge in [-0.15, -0.1) is 0 Å². The van der Waals surface area contributed by atoms with E-state index in [9.17, 15) is 0 Å². The number of aryl methyl sites for hydroxylation is 2. The molecular formula is C17H19O3. The number of rotatable bonds is 6. The molecule has 0 fully saturated rings. The molecule has 105 valence electrons. The quantitative estimate of drug-likeness (QED) is 0.807. The lowest BCUT2D eigenvalue weighted by molar-refractivity contribution is 0.324. The molecule has 0 amide bonds. The van der Waals surface area contributed by atoms with Crippen molar-refractivity contribution in [2.45, 2.75) is 12.8 Å². The van der Waals surface area contributed by atoms with Crippen LogP contribution in [-0.4, -0.2) is 21.3 Å². The van der Waals surface area contributed by atoms with Crippen molar-refractivity contribution in [1.82, 2.24) is 0 Å². The summed E-state index contributed by atoms with van der Waals surface area (Å²) in [5, 5.41) is 0. The molecule has 0 heterocycles. The summed E-state index contributed by atoms with van der Waals surface area (Å²) in [5.41, 5.74) is 2.45. The van der Waals surface area contributed by atoms with Crippen LogP contribution in [0.5, 0.6) is 17.2 Å². The van der Waals surface area contributed by atoms with E-state index in [1.165, 1.54) is 5.56 Å². The Bertz CT molecular complexity index is 524. The number of hydrogen-bond acceptors (Lipinski definition) is 3. The van der Waals surface area contributed by atoms with Crippen LogP contribution in [0.3, 0.4) is 0 Å². The summed E-state index contributed by atoms with van der Waals surface area (Å²) in [7, 11) is 4.88. The van der Waals surface area contributed by atoms with Crippen LogP contribution in [0.1, 0.15) is 11.1 Å². The highest BCUT2D eigenvalue weighted by Gasteiger charge is 2.12. The summed E-state index contributed by atoms with van der Waals surface area (Å²) in [6, 6.07) is 15.1. The first kappa shape index (κ1) is 14.3. The van der Waals surface area contributed by atoms with Crippen molar-refractivity contribution in [3.05, 3.63) is 53.6 Å². The van der Waals surface area contributed by atoms with Gasteiger partial charge in [-0.05, 0) is 42.2 Å². The summed E-state index contributed by atoms with van der Waals surface area (Å²) < 4.78 is 16.0. The van der Waals surface area contributed by atoms with E-state index in [1.807, 2.05) is 24.3 Å². The van der Waals surface area contributed by atoms with Crippen molar-refractivity contribution in [2.75, 3.05) is 21.3 Å². The van der Waals surface area contributed by atoms with Crippen molar-refractivity contribution in [3.8, 4) is 17.2 Å². The molecule has 2 aromatic rings. The van der Waals surface area contributed by atoms with Gasteiger partial charge in [0.1, 0.15) is 0 Å². The Morgan fingerprint density at radius 1 is 0.800 bits per heavy atom. The van der Waals surface area contributed by atoms with E-state index >= 15 is 0 Å². The van der Waals surface area contributed by atoms with Crippen molar-refractivity contribution in [1.29, 1.82) is 0 Å². The minimum atomic E-state index is 0.632. The first-order valence-electron chi connectivity index (χ1n) is 6.52. The van der Waals surface area contributed by atoms with E-state index in [-0.39, 0.29) is 0 Å². The highest BCUT2D eigenvalue weighted by Crippen LogP contribution is 2.38. The first-order valence-corrected chi connectivity index (χ1v) is 6.52. The van der Waals surface area contributed by atoms with Crippen LogP contribution in [-0.2, 0) is 12.8 Å². The van der Waals surface area contributed by atoms with Gasteiger partial charge < -0.3 is 14.2 Å². The Labute approximate surface area is 120 Å². The van der Waals surface area contributed by atoms with Crippen molar-refractivity contribution >= 4 is 0 Å². The van der Waals surface area contributed by atoms with Crippen LogP contribution in [0.15, 0.2) is 36.4 Å². The second-order valence-corrected chi connectivity index (χ2v) is 4.44. The molecule has 0 N–H and O–H groups in total. The Hall–Kier alpha value is -2.16.